The van der Waals surface area contributed by atoms with Crippen LogP contribution < -0.4 is 11.2 Å². The van der Waals surface area contributed by atoms with E-state index >= 15 is 0 Å². The van der Waals surface area contributed by atoms with Crippen LogP contribution in [-0.4, -0.2) is 24.3 Å². The van der Waals surface area contributed by atoms with E-state index in [1.165, 1.54) is 11.6 Å². The summed E-state index contributed by atoms with van der Waals surface area (Å²) >= 11 is 0. The van der Waals surface area contributed by atoms with Gasteiger partial charge in [0.05, 0.1) is 0 Å². The molecular formula is C15H15N5O2. The first-order chi connectivity index (χ1) is 10.6. The van der Waals surface area contributed by atoms with E-state index in [1.807, 2.05) is 37.3 Å². The van der Waals surface area contributed by atoms with Gasteiger partial charge in [0.15, 0.2) is 17.0 Å². The fourth-order valence-electron chi connectivity index (χ4n) is 2.30. The van der Waals surface area contributed by atoms with Crippen molar-refractivity contribution in [2.24, 2.45) is 7.05 Å². The maximum absolute atomic E-state index is 12.3. The van der Waals surface area contributed by atoms with Crippen molar-refractivity contribution in [3.05, 3.63) is 51.2 Å². The zero-order valence-electron chi connectivity index (χ0n) is 12.4. The first-order valence-corrected chi connectivity index (χ1v) is 7.03. The van der Waals surface area contributed by atoms with E-state index in [2.05, 4.69) is 15.2 Å². The summed E-state index contributed by atoms with van der Waals surface area (Å²) in [5, 5.41) is 8.14. The second-order valence-corrected chi connectivity index (χ2v) is 4.97. The summed E-state index contributed by atoms with van der Waals surface area (Å²) in [5.74, 6) is 0.367. The molecule has 0 N–H and O–H groups in total. The number of aryl methyl sites for hydroxylation is 1. The molecule has 0 unspecified atom stereocenters. The lowest BCUT2D eigenvalue weighted by atomic mass is 10.2. The molecule has 22 heavy (non-hydrogen) atoms. The van der Waals surface area contributed by atoms with Gasteiger partial charge < -0.3 is 0 Å². The van der Waals surface area contributed by atoms with Crippen molar-refractivity contribution in [3.8, 4) is 11.4 Å². The van der Waals surface area contributed by atoms with Crippen molar-refractivity contribution in [2.75, 3.05) is 0 Å². The van der Waals surface area contributed by atoms with Gasteiger partial charge in [-0.05, 0) is 6.42 Å². The van der Waals surface area contributed by atoms with Crippen molar-refractivity contribution >= 4 is 11.2 Å². The van der Waals surface area contributed by atoms with Gasteiger partial charge in [-0.3, -0.25) is 13.9 Å². The summed E-state index contributed by atoms with van der Waals surface area (Å²) < 4.78 is 2.49. The van der Waals surface area contributed by atoms with Crippen molar-refractivity contribution < 1.29 is 0 Å². The quantitative estimate of drug-likeness (QED) is 0.719. The van der Waals surface area contributed by atoms with Gasteiger partial charge in [-0.15, -0.1) is 10.2 Å². The van der Waals surface area contributed by atoms with Crippen LogP contribution in [0.15, 0.2) is 39.9 Å². The molecule has 0 aliphatic rings. The molecule has 0 aliphatic carbocycles. The lowest BCUT2D eigenvalue weighted by molar-refractivity contribution is 0.605. The van der Waals surface area contributed by atoms with Gasteiger partial charge >= 0.3 is 5.69 Å². The molecule has 1 aromatic carbocycles. The lowest BCUT2D eigenvalue weighted by Crippen LogP contribution is -2.39. The number of hydrogen-bond donors (Lipinski definition) is 0. The van der Waals surface area contributed by atoms with Gasteiger partial charge in [0.2, 0.25) is 0 Å². The average Bonchev–Trinajstić information content (AvgIpc) is 2.57. The Morgan fingerprint density at radius 2 is 1.82 bits per heavy atom. The van der Waals surface area contributed by atoms with E-state index in [1.54, 1.807) is 0 Å². The molecule has 112 valence electrons. The fourth-order valence-corrected chi connectivity index (χ4v) is 2.30. The monoisotopic (exact) mass is 297 g/mol. The van der Waals surface area contributed by atoms with E-state index in [0.29, 0.717) is 12.4 Å². The molecule has 0 saturated carbocycles. The largest absolute Gasteiger partial charge is 0.332 e. The molecule has 0 radical (unpaired) electrons. The smallest absolute Gasteiger partial charge is 0.275 e. The maximum Gasteiger partial charge on any atom is 0.332 e. The molecule has 0 spiro atoms. The summed E-state index contributed by atoms with van der Waals surface area (Å²) in [6.45, 7) is 2.41. The molecule has 0 fully saturated rings. The van der Waals surface area contributed by atoms with Crippen LogP contribution in [0.1, 0.15) is 13.3 Å². The third-order valence-electron chi connectivity index (χ3n) is 3.43. The predicted octanol–water partition coefficient (Wildman–Crippen LogP) is 0.962. The minimum absolute atomic E-state index is 0.157. The second-order valence-electron chi connectivity index (χ2n) is 4.97. The minimum Gasteiger partial charge on any atom is -0.275 e. The molecule has 7 heteroatoms. The standard InChI is InChI=1S/C15H15N5O2/c1-3-9-20-13-11(14(21)19(2)15(20)22)16-12(17-18-13)10-7-5-4-6-8-10/h4-8H,3,9H2,1-2H3. The minimum atomic E-state index is -0.459. The molecule has 2 heterocycles. The van der Waals surface area contributed by atoms with Crippen LogP contribution in [0.3, 0.4) is 0 Å². The summed E-state index contributed by atoms with van der Waals surface area (Å²) in [5.41, 5.74) is 0.300. The van der Waals surface area contributed by atoms with Gasteiger partial charge in [0, 0.05) is 19.2 Å². The predicted molar refractivity (Wildman–Crippen MR) is 82.6 cm³/mol. The highest BCUT2D eigenvalue weighted by atomic mass is 16.2. The van der Waals surface area contributed by atoms with Gasteiger partial charge in [-0.2, -0.15) is 0 Å². The zero-order valence-corrected chi connectivity index (χ0v) is 12.4. The van der Waals surface area contributed by atoms with Crippen LogP contribution in [-0.2, 0) is 13.6 Å². The van der Waals surface area contributed by atoms with Crippen LogP contribution in [0.5, 0.6) is 0 Å². The molecule has 2 aromatic heterocycles. The first-order valence-electron chi connectivity index (χ1n) is 7.03. The van der Waals surface area contributed by atoms with Gasteiger partial charge in [-0.25, -0.2) is 9.78 Å². The highest BCUT2D eigenvalue weighted by Gasteiger charge is 2.15. The van der Waals surface area contributed by atoms with E-state index in [0.717, 1.165) is 16.6 Å². The van der Waals surface area contributed by atoms with E-state index < -0.39 is 11.2 Å². The number of aromatic nitrogens is 5. The number of fused-ring (bicyclic) bond motifs is 1. The highest BCUT2D eigenvalue weighted by molar-refractivity contribution is 5.71. The third kappa shape index (κ3) is 2.20. The first kappa shape index (κ1) is 14.1. The molecule has 0 saturated heterocycles. The summed E-state index contributed by atoms with van der Waals surface area (Å²) in [7, 11) is 1.45. The molecule has 3 aromatic rings. The van der Waals surface area contributed by atoms with E-state index in [4.69, 9.17) is 0 Å². The second kappa shape index (κ2) is 5.51. The van der Waals surface area contributed by atoms with Crippen LogP contribution in [0.4, 0.5) is 0 Å². The Bertz CT molecular complexity index is 944. The topological polar surface area (TPSA) is 82.7 Å². The third-order valence-corrected chi connectivity index (χ3v) is 3.43. The lowest BCUT2D eigenvalue weighted by Gasteiger charge is -2.09. The highest BCUT2D eigenvalue weighted by Crippen LogP contribution is 2.14. The molecule has 3 rings (SSSR count). The van der Waals surface area contributed by atoms with Crippen molar-refractivity contribution in [2.45, 2.75) is 19.9 Å². The Morgan fingerprint density at radius 3 is 2.50 bits per heavy atom. The summed E-state index contributed by atoms with van der Waals surface area (Å²) in [6, 6.07) is 9.29. The average molecular weight is 297 g/mol. The van der Waals surface area contributed by atoms with Crippen LogP contribution >= 0.6 is 0 Å². The molecule has 0 atom stereocenters. The van der Waals surface area contributed by atoms with Gasteiger partial charge in [-0.1, -0.05) is 37.3 Å². The molecule has 0 bridgehead atoms. The van der Waals surface area contributed by atoms with Crippen LogP contribution in [0.25, 0.3) is 22.6 Å². The van der Waals surface area contributed by atoms with E-state index in [9.17, 15) is 9.59 Å². The Balaban J connectivity index is 2.34. The molecule has 0 amide bonds. The Kier molecular flexibility index (Phi) is 3.54. The Morgan fingerprint density at radius 1 is 1.09 bits per heavy atom. The number of rotatable bonds is 3. The number of hydrogen-bond acceptors (Lipinski definition) is 5. The summed E-state index contributed by atoms with van der Waals surface area (Å²) in [4.78, 5) is 28.8. The van der Waals surface area contributed by atoms with Crippen LogP contribution in [0.2, 0.25) is 0 Å². The number of benzene rings is 1. The van der Waals surface area contributed by atoms with Gasteiger partial charge in [0.25, 0.3) is 5.56 Å². The Labute approximate surface area is 125 Å². The molecule has 7 nitrogen and oxygen atoms in total. The van der Waals surface area contributed by atoms with Crippen molar-refractivity contribution in [1.82, 2.24) is 24.3 Å². The molecule has 0 aliphatic heterocycles. The van der Waals surface area contributed by atoms with Crippen molar-refractivity contribution in [1.29, 1.82) is 0 Å². The summed E-state index contributed by atoms with van der Waals surface area (Å²) in [6.07, 6.45) is 0.745. The molecular weight excluding hydrogens is 282 g/mol. The van der Waals surface area contributed by atoms with Crippen LogP contribution in [0, 0.1) is 0 Å². The Hall–Kier alpha value is -2.83. The normalized spacial score (nSPS) is 11.0. The van der Waals surface area contributed by atoms with E-state index in [-0.39, 0.29) is 11.2 Å². The van der Waals surface area contributed by atoms with Gasteiger partial charge in [0.1, 0.15) is 0 Å². The zero-order chi connectivity index (χ0) is 15.7. The SMILES string of the molecule is CCCn1c(=O)n(C)c(=O)c2nc(-c3ccccc3)nnc21. The van der Waals surface area contributed by atoms with Crippen molar-refractivity contribution in [3.63, 3.8) is 0 Å². The number of nitrogens with zero attached hydrogens (tertiary/aromatic N) is 5. The maximum atomic E-state index is 12.3. The fraction of sp³-hybridized carbons (Fsp3) is 0.267.